The highest BCUT2D eigenvalue weighted by Gasteiger charge is 2.41. The molecule has 2 aromatic carbocycles. The molecule has 3 heterocycles. The molecule has 0 amide bonds. The van der Waals surface area contributed by atoms with Crippen molar-refractivity contribution >= 4 is 16.7 Å². The molecule has 0 saturated carbocycles. The van der Waals surface area contributed by atoms with Gasteiger partial charge in [-0.3, -0.25) is 14.7 Å². The first-order valence-electron chi connectivity index (χ1n) is 10.9. The Morgan fingerprint density at radius 2 is 1.80 bits per heavy atom. The van der Waals surface area contributed by atoms with Gasteiger partial charge in [-0.1, -0.05) is 30.3 Å². The Bertz CT molecular complexity index is 1060. The first-order chi connectivity index (χ1) is 14.6. The summed E-state index contributed by atoms with van der Waals surface area (Å²) in [6, 6.07) is 17.8. The van der Waals surface area contributed by atoms with Crippen LogP contribution in [-0.4, -0.2) is 40.4 Å². The van der Waals surface area contributed by atoms with Crippen LogP contribution in [0.4, 0.5) is 0 Å². The number of Topliss-reactive ketones (excluding diaryl/α,β-unsaturated/α-hetero) is 1. The van der Waals surface area contributed by atoms with Crippen molar-refractivity contribution in [3.8, 4) is 16.9 Å². The van der Waals surface area contributed by atoms with Crippen molar-refractivity contribution in [3.63, 3.8) is 0 Å². The fourth-order valence-electron chi connectivity index (χ4n) is 5.35. The minimum atomic E-state index is 0.239. The highest BCUT2D eigenvalue weighted by atomic mass is 16.5. The summed E-state index contributed by atoms with van der Waals surface area (Å²) in [6.07, 6.45) is 6.49. The van der Waals surface area contributed by atoms with Crippen molar-refractivity contribution in [2.24, 2.45) is 0 Å². The molecule has 1 aromatic heterocycles. The Kier molecular flexibility index (Phi) is 5.03. The largest absolute Gasteiger partial charge is 0.490 e. The third-order valence-electron chi connectivity index (χ3n) is 6.74. The second kappa shape index (κ2) is 7.84. The van der Waals surface area contributed by atoms with Crippen molar-refractivity contribution in [1.29, 1.82) is 0 Å². The Hall–Kier alpha value is -2.72. The third-order valence-corrected chi connectivity index (χ3v) is 6.74. The summed E-state index contributed by atoms with van der Waals surface area (Å²) in [5, 5.41) is 1.17. The quantitative estimate of drug-likeness (QED) is 0.592. The van der Waals surface area contributed by atoms with Crippen LogP contribution in [0, 0.1) is 6.92 Å². The third kappa shape index (κ3) is 3.61. The van der Waals surface area contributed by atoms with Crippen LogP contribution in [0.15, 0.2) is 54.7 Å². The van der Waals surface area contributed by atoms with Gasteiger partial charge in [0.25, 0.3) is 0 Å². The molecule has 2 fully saturated rings. The lowest BCUT2D eigenvalue weighted by molar-refractivity contribution is -0.119. The lowest BCUT2D eigenvalue weighted by Crippen LogP contribution is -2.47. The van der Waals surface area contributed by atoms with Crippen LogP contribution in [0.3, 0.4) is 0 Å². The Morgan fingerprint density at radius 3 is 2.50 bits per heavy atom. The van der Waals surface area contributed by atoms with Crippen LogP contribution < -0.4 is 4.74 Å². The molecule has 2 saturated heterocycles. The van der Waals surface area contributed by atoms with Gasteiger partial charge < -0.3 is 4.74 Å². The standard InChI is InChI=1S/C26H28N2O2/c1-17(29)16-28-21-8-9-22(28)15-24(14-21)30-23-10-5-19(6-11-23)25-12-7-20-4-3-13-27-26(20)18(25)2/h3-7,10-13,21-22,24H,8-9,14-16H2,1-2H3. The second-order valence-corrected chi connectivity index (χ2v) is 8.81. The smallest absolute Gasteiger partial charge is 0.143 e. The van der Waals surface area contributed by atoms with Gasteiger partial charge in [0, 0.05) is 23.7 Å². The van der Waals surface area contributed by atoms with Crippen LogP contribution in [-0.2, 0) is 4.79 Å². The molecule has 5 rings (SSSR count). The van der Waals surface area contributed by atoms with Gasteiger partial charge in [-0.2, -0.15) is 0 Å². The predicted octanol–water partition coefficient (Wildman–Crippen LogP) is 5.17. The first-order valence-corrected chi connectivity index (χ1v) is 10.9. The molecule has 2 aliphatic heterocycles. The maximum atomic E-state index is 11.6. The van der Waals surface area contributed by atoms with Crippen molar-refractivity contribution in [2.75, 3.05) is 6.54 Å². The van der Waals surface area contributed by atoms with Gasteiger partial charge in [-0.05, 0) is 74.4 Å². The van der Waals surface area contributed by atoms with E-state index in [2.05, 4.69) is 59.3 Å². The van der Waals surface area contributed by atoms with Gasteiger partial charge in [0.2, 0.25) is 0 Å². The Morgan fingerprint density at radius 1 is 1.07 bits per heavy atom. The summed E-state index contributed by atoms with van der Waals surface area (Å²) in [6.45, 7) is 4.42. The molecule has 0 radical (unpaired) electrons. The van der Waals surface area contributed by atoms with E-state index < -0.39 is 0 Å². The van der Waals surface area contributed by atoms with E-state index in [0.717, 1.165) is 24.1 Å². The van der Waals surface area contributed by atoms with E-state index in [1.807, 2.05) is 12.3 Å². The number of aromatic nitrogens is 1. The lowest BCUT2D eigenvalue weighted by Gasteiger charge is -2.38. The van der Waals surface area contributed by atoms with Gasteiger partial charge in [0.05, 0.1) is 12.1 Å². The van der Waals surface area contributed by atoms with Crippen LogP contribution in [0.2, 0.25) is 0 Å². The number of carbonyl (C=O) groups excluding carboxylic acids is 1. The number of fused-ring (bicyclic) bond motifs is 3. The van der Waals surface area contributed by atoms with Gasteiger partial charge in [-0.25, -0.2) is 0 Å². The van der Waals surface area contributed by atoms with E-state index in [0.29, 0.717) is 18.6 Å². The molecule has 4 heteroatoms. The average molecular weight is 401 g/mol. The fraction of sp³-hybridized carbons (Fsp3) is 0.385. The SMILES string of the molecule is CC(=O)CN1C2CCC1CC(Oc1ccc(-c3ccc4cccnc4c3C)cc1)C2. The van der Waals surface area contributed by atoms with Crippen LogP contribution in [0.5, 0.6) is 5.75 Å². The van der Waals surface area contributed by atoms with Crippen molar-refractivity contribution in [3.05, 3.63) is 60.3 Å². The molecule has 0 spiro atoms. The number of benzene rings is 2. The van der Waals surface area contributed by atoms with E-state index in [-0.39, 0.29) is 11.9 Å². The lowest BCUT2D eigenvalue weighted by atomic mass is 9.97. The van der Waals surface area contributed by atoms with Gasteiger partial charge >= 0.3 is 0 Å². The van der Waals surface area contributed by atoms with Gasteiger partial charge in [0.15, 0.2) is 0 Å². The molecule has 4 nitrogen and oxygen atoms in total. The van der Waals surface area contributed by atoms with Gasteiger partial charge in [0.1, 0.15) is 17.6 Å². The minimum Gasteiger partial charge on any atom is -0.490 e. The number of piperidine rings is 1. The number of aryl methyl sites for hydroxylation is 1. The molecular formula is C26H28N2O2. The van der Waals surface area contributed by atoms with Crippen LogP contribution in [0.1, 0.15) is 38.2 Å². The average Bonchev–Trinajstić information content (AvgIpc) is 2.96. The molecule has 3 aromatic rings. The van der Waals surface area contributed by atoms with E-state index >= 15 is 0 Å². The fourth-order valence-corrected chi connectivity index (χ4v) is 5.35. The zero-order valence-corrected chi connectivity index (χ0v) is 17.7. The van der Waals surface area contributed by atoms with E-state index in [1.165, 1.54) is 34.9 Å². The zero-order valence-electron chi connectivity index (χ0n) is 17.7. The molecular weight excluding hydrogens is 372 g/mol. The number of ketones is 1. The predicted molar refractivity (Wildman–Crippen MR) is 120 cm³/mol. The molecule has 0 N–H and O–H groups in total. The monoisotopic (exact) mass is 400 g/mol. The minimum absolute atomic E-state index is 0.239. The molecule has 0 aliphatic carbocycles. The maximum Gasteiger partial charge on any atom is 0.143 e. The number of rotatable bonds is 5. The van der Waals surface area contributed by atoms with Crippen LogP contribution in [0.25, 0.3) is 22.0 Å². The van der Waals surface area contributed by atoms with Crippen molar-refractivity contribution < 1.29 is 9.53 Å². The Labute approximate surface area is 177 Å². The highest BCUT2D eigenvalue weighted by molar-refractivity contribution is 5.88. The number of pyridine rings is 1. The topological polar surface area (TPSA) is 42.4 Å². The summed E-state index contributed by atoms with van der Waals surface area (Å²) in [7, 11) is 0. The van der Waals surface area contributed by atoms with Crippen LogP contribution >= 0.6 is 0 Å². The summed E-state index contributed by atoms with van der Waals surface area (Å²) < 4.78 is 6.36. The summed E-state index contributed by atoms with van der Waals surface area (Å²) in [5.41, 5.74) is 4.66. The first kappa shape index (κ1) is 19.3. The van der Waals surface area contributed by atoms with E-state index in [4.69, 9.17) is 4.74 Å². The summed E-state index contributed by atoms with van der Waals surface area (Å²) in [5.74, 6) is 1.20. The molecule has 2 atom stereocenters. The molecule has 154 valence electrons. The molecule has 2 unspecified atom stereocenters. The number of nitrogens with zero attached hydrogens (tertiary/aromatic N) is 2. The normalized spacial score (nSPS) is 23.6. The number of hydrogen-bond donors (Lipinski definition) is 0. The molecule has 2 aliphatic rings. The number of hydrogen-bond acceptors (Lipinski definition) is 4. The molecule has 2 bridgehead atoms. The van der Waals surface area contributed by atoms with Gasteiger partial charge in [-0.15, -0.1) is 0 Å². The number of ether oxygens (including phenoxy) is 1. The highest BCUT2D eigenvalue weighted by Crippen LogP contribution is 2.37. The van der Waals surface area contributed by atoms with Crippen molar-refractivity contribution in [1.82, 2.24) is 9.88 Å². The summed E-state index contributed by atoms with van der Waals surface area (Å²) in [4.78, 5) is 18.5. The zero-order chi connectivity index (χ0) is 20.7. The van der Waals surface area contributed by atoms with E-state index in [9.17, 15) is 4.79 Å². The second-order valence-electron chi connectivity index (χ2n) is 8.81. The maximum absolute atomic E-state index is 11.6. The van der Waals surface area contributed by atoms with E-state index in [1.54, 1.807) is 6.92 Å². The number of carbonyl (C=O) groups is 1. The Balaban J connectivity index is 1.30. The summed E-state index contributed by atoms with van der Waals surface area (Å²) >= 11 is 0. The molecule has 30 heavy (non-hydrogen) atoms. The van der Waals surface area contributed by atoms with Crippen molar-refractivity contribution in [2.45, 2.75) is 57.7 Å².